The van der Waals surface area contributed by atoms with Crippen molar-refractivity contribution in [2.75, 3.05) is 43.9 Å². The van der Waals surface area contributed by atoms with Gasteiger partial charge in [-0.3, -0.25) is 14.4 Å². The number of carbonyl (C=O) groups excluding carboxylic acids is 3. The van der Waals surface area contributed by atoms with Gasteiger partial charge in [0.2, 0.25) is 17.7 Å². The molecule has 0 atom stereocenters. The van der Waals surface area contributed by atoms with E-state index in [1.807, 2.05) is 4.90 Å². The molecule has 1 aliphatic carbocycles. The van der Waals surface area contributed by atoms with Gasteiger partial charge >= 0.3 is 0 Å². The minimum Gasteiger partial charge on any atom is -0.340 e. The number of nitrogens with zero attached hydrogens (tertiary/aromatic N) is 2. The van der Waals surface area contributed by atoms with Crippen LogP contribution in [0.1, 0.15) is 32.6 Å². The zero-order valence-electron chi connectivity index (χ0n) is 16.7. The highest BCUT2D eigenvalue weighted by Gasteiger charge is 2.32. The van der Waals surface area contributed by atoms with Crippen molar-refractivity contribution < 1.29 is 14.4 Å². The second kappa shape index (κ2) is 9.19. The average Bonchev–Trinajstić information content (AvgIpc) is 2.69. The second-order valence-corrected chi connectivity index (χ2v) is 7.92. The lowest BCUT2D eigenvalue weighted by atomic mass is 9.80. The number of anilines is 2. The molecule has 28 heavy (non-hydrogen) atoms. The highest BCUT2D eigenvalue weighted by molar-refractivity contribution is 5.93. The Hall–Kier alpha value is -2.41. The Labute approximate surface area is 166 Å². The molecule has 2 fully saturated rings. The Bertz CT molecular complexity index is 703. The molecule has 1 heterocycles. The lowest BCUT2D eigenvalue weighted by molar-refractivity contribution is -0.139. The third kappa shape index (κ3) is 5.32. The number of piperazine rings is 1. The van der Waals surface area contributed by atoms with E-state index in [1.165, 1.54) is 6.92 Å². The van der Waals surface area contributed by atoms with Crippen LogP contribution in [0.2, 0.25) is 0 Å². The Morgan fingerprint density at radius 1 is 0.821 bits per heavy atom. The average molecular weight is 386 g/mol. The molecule has 152 valence electrons. The van der Waals surface area contributed by atoms with Gasteiger partial charge in [-0.2, -0.15) is 0 Å². The summed E-state index contributed by atoms with van der Waals surface area (Å²) in [6.45, 7) is 4.95. The van der Waals surface area contributed by atoms with Crippen LogP contribution >= 0.6 is 0 Å². The maximum absolute atomic E-state index is 12.7. The highest BCUT2D eigenvalue weighted by atomic mass is 16.2. The van der Waals surface area contributed by atoms with Crippen LogP contribution in [0.4, 0.5) is 11.4 Å². The quantitative estimate of drug-likeness (QED) is 0.831. The lowest BCUT2D eigenvalue weighted by Gasteiger charge is -2.36. The van der Waals surface area contributed by atoms with Gasteiger partial charge in [-0.15, -0.1) is 0 Å². The molecule has 7 heteroatoms. The molecule has 0 aromatic heterocycles. The Morgan fingerprint density at radius 3 is 1.86 bits per heavy atom. The fourth-order valence-corrected chi connectivity index (χ4v) is 3.97. The van der Waals surface area contributed by atoms with Crippen LogP contribution in [0, 0.1) is 11.8 Å². The van der Waals surface area contributed by atoms with Gasteiger partial charge in [-0.1, -0.05) is 0 Å². The zero-order chi connectivity index (χ0) is 20.1. The number of rotatable bonds is 4. The van der Waals surface area contributed by atoms with Crippen molar-refractivity contribution in [3.8, 4) is 0 Å². The first-order valence-corrected chi connectivity index (χ1v) is 10.1. The van der Waals surface area contributed by atoms with Gasteiger partial charge in [0.25, 0.3) is 0 Å². The fraction of sp³-hybridized carbons (Fsp3) is 0.571. The van der Waals surface area contributed by atoms with Crippen molar-refractivity contribution >= 4 is 29.1 Å². The van der Waals surface area contributed by atoms with Crippen molar-refractivity contribution in [2.24, 2.45) is 11.8 Å². The maximum atomic E-state index is 12.7. The maximum Gasteiger partial charge on any atom is 0.227 e. The lowest BCUT2D eigenvalue weighted by Crippen LogP contribution is -2.49. The van der Waals surface area contributed by atoms with E-state index < -0.39 is 0 Å². The summed E-state index contributed by atoms with van der Waals surface area (Å²) in [7, 11) is 2.08. The number of nitrogens with one attached hydrogen (secondary N) is 2. The molecule has 0 spiro atoms. The summed E-state index contributed by atoms with van der Waals surface area (Å²) in [5, 5.41) is 5.66. The number of hydrogen-bond donors (Lipinski definition) is 2. The highest BCUT2D eigenvalue weighted by Crippen LogP contribution is 2.31. The summed E-state index contributed by atoms with van der Waals surface area (Å²) in [4.78, 5) is 40.6. The molecule has 7 nitrogen and oxygen atoms in total. The van der Waals surface area contributed by atoms with Crippen LogP contribution in [-0.2, 0) is 14.4 Å². The first kappa shape index (κ1) is 20.3. The minimum absolute atomic E-state index is 0.0118. The predicted octanol–water partition coefficient (Wildman–Crippen LogP) is 2.16. The molecule has 1 aromatic rings. The van der Waals surface area contributed by atoms with Crippen molar-refractivity contribution in [2.45, 2.75) is 32.6 Å². The van der Waals surface area contributed by atoms with Gasteiger partial charge in [-0.25, -0.2) is 0 Å². The number of benzene rings is 1. The van der Waals surface area contributed by atoms with E-state index in [0.29, 0.717) is 5.69 Å². The molecule has 3 rings (SSSR count). The topological polar surface area (TPSA) is 81.8 Å². The third-order valence-electron chi connectivity index (χ3n) is 5.73. The van der Waals surface area contributed by atoms with Crippen LogP contribution in [0.5, 0.6) is 0 Å². The molecule has 1 aliphatic heterocycles. The van der Waals surface area contributed by atoms with Gasteiger partial charge in [0.15, 0.2) is 0 Å². The first-order chi connectivity index (χ1) is 13.4. The number of carbonyl (C=O) groups is 3. The molecule has 0 radical (unpaired) electrons. The third-order valence-corrected chi connectivity index (χ3v) is 5.73. The van der Waals surface area contributed by atoms with E-state index in [1.54, 1.807) is 24.3 Å². The van der Waals surface area contributed by atoms with Crippen molar-refractivity contribution in [3.05, 3.63) is 24.3 Å². The fourth-order valence-electron chi connectivity index (χ4n) is 3.97. The van der Waals surface area contributed by atoms with Crippen LogP contribution in [0.15, 0.2) is 24.3 Å². The van der Waals surface area contributed by atoms with Crippen LogP contribution in [-0.4, -0.2) is 60.7 Å². The van der Waals surface area contributed by atoms with Gasteiger partial charge in [0, 0.05) is 56.3 Å². The van der Waals surface area contributed by atoms with Crippen LogP contribution in [0.25, 0.3) is 0 Å². The number of likely N-dealkylation sites (N-methyl/N-ethyl adjacent to an activating group) is 1. The molecule has 3 amide bonds. The largest absolute Gasteiger partial charge is 0.340 e. The monoisotopic (exact) mass is 386 g/mol. The summed E-state index contributed by atoms with van der Waals surface area (Å²) in [6, 6.07) is 7.10. The summed E-state index contributed by atoms with van der Waals surface area (Å²) in [6.07, 6.45) is 3.06. The molecule has 0 bridgehead atoms. The zero-order valence-corrected chi connectivity index (χ0v) is 16.7. The van der Waals surface area contributed by atoms with Crippen LogP contribution < -0.4 is 10.6 Å². The van der Waals surface area contributed by atoms with E-state index >= 15 is 0 Å². The summed E-state index contributed by atoms with van der Waals surface area (Å²) in [5.74, 6) is 0.161. The molecule has 2 N–H and O–H groups in total. The normalized spacial score (nSPS) is 23.1. The molecule has 1 aromatic carbocycles. The summed E-state index contributed by atoms with van der Waals surface area (Å²) >= 11 is 0. The SMILES string of the molecule is CC(=O)Nc1ccc(NC(=O)C2CCC(C(=O)N3CCN(C)CC3)CC2)cc1. The van der Waals surface area contributed by atoms with E-state index in [2.05, 4.69) is 22.6 Å². The molecule has 1 saturated heterocycles. The smallest absolute Gasteiger partial charge is 0.227 e. The predicted molar refractivity (Wildman–Crippen MR) is 109 cm³/mol. The summed E-state index contributed by atoms with van der Waals surface area (Å²) < 4.78 is 0. The number of amides is 3. The van der Waals surface area contributed by atoms with Gasteiger partial charge < -0.3 is 20.4 Å². The van der Waals surface area contributed by atoms with E-state index in [4.69, 9.17) is 0 Å². The molecular formula is C21H30N4O3. The number of hydrogen-bond acceptors (Lipinski definition) is 4. The van der Waals surface area contributed by atoms with Gasteiger partial charge in [0.1, 0.15) is 0 Å². The van der Waals surface area contributed by atoms with E-state index in [-0.39, 0.29) is 29.6 Å². The molecule has 1 saturated carbocycles. The molecule has 2 aliphatic rings. The van der Waals surface area contributed by atoms with Crippen LogP contribution in [0.3, 0.4) is 0 Å². The standard InChI is InChI=1S/C21H30N4O3/c1-15(26)22-18-7-9-19(10-8-18)23-20(27)16-3-5-17(6-4-16)21(28)25-13-11-24(2)12-14-25/h7-10,16-17H,3-6,11-14H2,1-2H3,(H,22,26)(H,23,27). The molecule has 0 unspecified atom stereocenters. The Morgan fingerprint density at radius 2 is 1.32 bits per heavy atom. The van der Waals surface area contributed by atoms with E-state index in [9.17, 15) is 14.4 Å². The second-order valence-electron chi connectivity index (χ2n) is 7.92. The molecular weight excluding hydrogens is 356 g/mol. The van der Waals surface area contributed by atoms with Crippen molar-refractivity contribution in [1.29, 1.82) is 0 Å². The Balaban J connectivity index is 1.45. The first-order valence-electron chi connectivity index (χ1n) is 10.1. The van der Waals surface area contributed by atoms with E-state index in [0.717, 1.165) is 57.5 Å². The minimum atomic E-state index is -0.125. The van der Waals surface area contributed by atoms with Crippen molar-refractivity contribution in [1.82, 2.24) is 9.80 Å². The van der Waals surface area contributed by atoms with Gasteiger partial charge in [-0.05, 0) is 57.0 Å². The van der Waals surface area contributed by atoms with Crippen molar-refractivity contribution in [3.63, 3.8) is 0 Å². The van der Waals surface area contributed by atoms with Gasteiger partial charge in [0.05, 0.1) is 0 Å². The Kier molecular flexibility index (Phi) is 6.67. The summed E-state index contributed by atoms with van der Waals surface area (Å²) in [5.41, 5.74) is 1.42.